The molecule has 3 aliphatic rings. The first-order valence-electron chi connectivity index (χ1n) is 9.34. The number of nitrogens with zero attached hydrogens (tertiary/aromatic N) is 3. The summed E-state index contributed by atoms with van der Waals surface area (Å²) >= 11 is 0. The fourth-order valence-electron chi connectivity index (χ4n) is 5.84. The zero-order chi connectivity index (χ0) is 18.7. The number of nitriles is 1. The van der Waals surface area contributed by atoms with E-state index in [1.807, 2.05) is 26.2 Å². The molecule has 1 aliphatic heterocycles. The van der Waals surface area contributed by atoms with Gasteiger partial charge in [0.15, 0.2) is 5.66 Å². The number of aliphatic imine (C=N–C) groups is 2. The molecule has 5 nitrogen and oxygen atoms in total. The predicted octanol–water partition coefficient (Wildman–Crippen LogP) is 3.17. The van der Waals surface area contributed by atoms with Crippen LogP contribution in [0.4, 0.5) is 0 Å². The van der Waals surface area contributed by atoms with Crippen molar-refractivity contribution in [1.82, 2.24) is 0 Å². The summed E-state index contributed by atoms with van der Waals surface area (Å²) in [4.78, 5) is 10.0. The Labute approximate surface area is 155 Å². The van der Waals surface area contributed by atoms with E-state index in [-0.39, 0.29) is 11.5 Å². The summed E-state index contributed by atoms with van der Waals surface area (Å²) in [6.45, 7) is 6.46. The van der Waals surface area contributed by atoms with Crippen LogP contribution in [0.1, 0.15) is 50.3 Å². The monoisotopic (exact) mass is 350 g/mol. The highest BCUT2D eigenvalue weighted by Crippen LogP contribution is 2.63. The van der Waals surface area contributed by atoms with Crippen molar-refractivity contribution in [2.24, 2.45) is 33.0 Å². The van der Waals surface area contributed by atoms with Crippen molar-refractivity contribution in [1.29, 1.82) is 5.26 Å². The molecule has 0 unspecified atom stereocenters. The minimum absolute atomic E-state index is 0.111. The van der Waals surface area contributed by atoms with Gasteiger partial charge in [0.1, 0.15) is 5.84 Å². The number of amidine groups is 1. The Balaban J connectivity index is 1.91. The first-order valence-corrected chi connectivity index (χ1v) is 9.34. The third-order valence-electron chi connectivity index (χ3n) is 6.68. The van der Waals surface area contributed by atoms with Gasteiger partial charge >= 0.3 is 0 Å². The normalized spacial score (nSPS) is 38.2. The van der Waals surface area contributed by atoms with Crippen molar-refractivity contribution in [3.63, 3.8) is 0 Å². The van der Waals surface area contributed by atoms with E-state index < -0.39 is 5.66 Å². The second kappa shape index (κ2) is 5.65. The van der Waals surface area contributed by atoms with Crippen LogP contribution in [-0.4, -0.2) is 24.8 Å². The molecule has 5 heteroatoms. The average molecular weight is 350 g/mol. The smallest absolute Gasteiger partial charge is 0.184 e. The predicted molar refractivity (Wildman–Crippen MR) is 102 cm³/mol. The van der Waals surface area contributed by atoms with Crippen molar-refractivity contribution in [2.45, 2.75) is 51.8 Å². The van der Waals surface area contributed by atoms with Gasteiger partial charge in [0.05, 0.1) is 23.4 Å². The fraction of sp³-hybridized carbons (Fsp3) is 0.571. The van der Waals surface area contributed by atoms with Crippen LogP contribution in [0.5, 0.6) is 0 Å². The van der Waals surface area contributed by atoms with Crippen molar-refractivity contribution >= 4 is 11.5 Å². The summed E-state index contributed by atoms with van der Waals surface area (Å²) in [5.41, 5.74) is 9.16. The molecule has 1 aromatic carbocycles. The Morgan fingerprint density at radius 2 is 1.92 bits per heavy atom. The first kappa shape index (κ1) is 17.2. The number of rotatable bonds is 1. The molecule has 0 bridgehead atoms. The third-order valence-corrected chi connectivity index (χ3v) is 6.68. The lowest BCUT2D eigenvalue weighted by atomic mass is 9.59. The van der Waals surface area contributed by atoms with Crippen molar-refractivity contribution in [2.75, 3.05) is 7.11 Å². The summed E-state index contributed by atoms with van der Waals surface area (Å²) in [5.74, 6) is 1.35. The van der Waals surface area contributed by atoms with Crippen LogP contribution in [0.25, 0.3) is 0 Å². The van der Waals surface area contributed by atoms with Crippen molar-refractivity contribution in [3.8, 4) is 6.07 Å². The van der Waals surface area contributed by atoms with Gasteiger partial charge in [-0.1, -0.05) is 19.9 Å². The first-order chi connectivity index (χ1) is 12.4. The maximum atomic E-state index is 9.39. The maximum Gasteiger partial charge on any atom is 0.184 e. The van der Waals surface area contributed by atoms with E-state index in [2.05, 4.69) is 26.0 Å². The lowest BCUT2D eigenvalue weighted by Gasteiger charge is -2.49. The molecule has 0 radical (unpaired) electrons. The number of methoxy groups -OCH3 is 1. The lowest BCUT2D eigenvalue weighted by molar-refractivity contribution is -0.0729. The van der Waals surface area contributed by atoms with Gasteiger partial charge in [0, 0.05) is 18.1 Å². The molecule has 1 saturated carbocycles. The number of hydrogen-bond acceptors (Lipinski definition) is 5. The molecule has 1 heterocycles. The second-order valence-electron chi connectivity index (χ2n) is 8.37. The zero-order valence-corrected chi connectivity index (χ0v) is 15.9. The standard InChI is InChI=1S/C21H26N4O/c1-12-8-20(9-13(2)18(12)26-4)10-16-6-5-15(11-22)7-17(16)21(20)24-14(3)19(23)25-21/h5-7,12-13,18H,8-10H2,1-4H3,(H2,23,25)/t12-,13+,18+,20+,21-/m0/s1. The highest BCUT2D eigenvalue weighted by atomic mass is 16.5. The second-order valence-corrected chi connectivity index (χ2v) is 8.37. The molecule has 1 fully saturated rings. The van der Waals surface area contributed by atoms with Crippen LogP contribution in [-0.2, 0) is 16.8 Å². The fourth-order valence-corrected chi connectivity index (χ4v) is 5.84. The third kappa shape index (κ3) is 2.12. The van der Waals surface area contributed by atoms with Gasteiger partial charge in [-0.3, -0.25) is 4.99 Å². The van der Waals surface area contributed by atoms with Gasteiger partial charge in [-0.2, -0.15) is 5.26 Å². The number of hydrogen-bond donors (Lipinski definition) is 1. The molecule has 136 valence electrons. The van der Waals surface area contributed by atoms with Crippen LogP contribution < -0.4 is 5.73 Å². The quantitative estimate of drug-likeness (QED) is 0.844. The van der Waals surface area contributed by atoms with Gasteiger partial charge in [-0.25, -0.2) is 4.99 Å². The Hall–Kier alpha value is -2.19. The molecule has 0 amide bonds. The maximum absolute atomic E-state index is 9.39. The molecular formula is C21H26N4O. The summed E-state index contributed by atoms with van der Waals surface area (Å²) in [6, 6.07) is 8.22. The van der Waals surface area contributed by atoms with Crippen molar-refractivity contribution < 1.29 is 4.74 Å². The highest BCUT2D eigenvalue weighted by molar-refractivity contribution is 6.41. The van der Waals surface area contributed by atoms with Crippen LogP contribution in [0.3, 0.4) is 0 Å². The number of fused-ring (bicyclic) bond motifs is 3. The van der Waals surface area contributed by atoms with E-state index in [1.54, 1.807) is 0 Å². The summed E-state index contributed by atoms with van der Waals surface area (Å²) in [5, 5.41) is 9.39. The number of benzene rings is 1. The van der Waals surface area contributed by atoms with E-state index in [0.717, 1.165) is 30.5 Å². The van der Waals surface area contributed by atoms with Gasteiger partial charge < -0.3 is 10.5 Å². The average Bonchev–Trinajstić information content (AvgIpc) is 3.02. The van der Waals surface area contributed by atoms with E-state index in [0.29, 0.717) is 23.2 Å². The molecule has 26 heavy (non-hydrogen) atoms. The van der Waals surface area contributed by atoms with Gasteiger partial charge in [0.2, 0.25) is 0 Å². The molecule has 4 rings (SSSR count). The molecule has 0 saturated heterocycles. The van der Waals surface area contributed by atoms with E-state index in [9.17, 15) is 5.26 Å². The molecule has 2 aliphatic carbocycles. The van der Waals surface area contributed by atoms with Crippen molar-refractivity contribution in [3.05, 3.63) is 34.9 Å². The van der Waals surface area contributed by atoms with Crippen LogP contribution in [0.15, 0.2) is 28.2 Å². The summed E-state index contributed by atoms with van der Waals surface area (Å²) in [7, 11) is 1.81. The Morgan fingerprint density at radius 1 is 1.23 bits per heavy atom. The number of nitrogens with two attached hydrogens (primary N) is 1. The van der Waals surface area contributed by atoms with Crippen LogP contribution in [0, 0.1) is 28.6 Å². The van der Waals surface area contributed by atoms with E-state index in [1.165, 1.54) is 5.56 Å². The van der Waals surface area contributed by atoms with Gasteiger partial charge in [-0.15, -0.1) is 0 Å². The van der Waals surface area contributed by atoms with E-state index in [4.69, 9.17) is 20.5 Å². The molecule has 2 spiro atoms. The zero-order valence-electron chi connectivity index (χ0n) is 15.9. The minimum Gasteiger partial charge on any atom is -0.382 e. The Bertz CT molecular complexity index is 833. The van der Waals surface area contributed by atoms with Crippen LogP contribution in [0.2, 0.25) is 0 Å². The van der Waals surface area contributed by atoms with Gasteiger partial charge in [0.25, 0.3) is 0 Å². The SMILES string of the molecule is CO[C@H]1[C@H](C)C[C@@]2(Cc3ccc(C#N)cc3[C@@]23N=C(C)C(N)=N3)C[C@@H]1C. The lowest BCUT2D eigenvalue weighted by Crippen LogP contribution is -2.49. The molecule has 1 aromatic rings. The molecule has 5 atom stereocenters. The largest absolute Gasteiger partial charge is 0.382 e. The summed E-state index contributed by atoms with van der Waals surface area (Å²) in [6.07, 6.45) is 3.15. The molecule has 2 N–H and O–H groups in total. The van der Waals surface area contributed by atoms with E-state index >= 15 is 0 Å². The Kier molecular flexibility index (Phi) is 3.75. The van der Waals surface area contributed by atoms with Gasteiger partial charge in [-0.05, 0) is 55.7 Å². The molecule has 0 aromatic heterocycles. The summed E-state index contributed by atoms with van der Waals surface area (Å²) < 4.78 is 5.79. The minimum atomic E-state index is -0.690. The topological polar surface area (TPSA) is 83.8 Å². The van der Waals surface area contributed by atoms with Crippen LogP contribution >= 0.6 is 0 Å². The molecular weight excluding hydrogens is 324 g/mol. The Morgan fingerprint density at radius 3 is 2.46 bits per heavy atom. The number of ether oxygens (including phenoxy) is 1. The highest BCUT2D eigenvalue weighted by Gasteiger charge is 2.62.